The second-order valence-electron chi connectivity index (χ2n) is 4.05. The maximum Gasteiger partial charge on any atom is 0.416 e. The first-order valence-electron chi connectivity index (χ1n) is 5.76. The molecule has 21 heavy (non-hydrogen) atoms. The minimum absolute atomic E-state index is 0.127. The van der Waals surface area contributed by atoms with E-state index in [1.807, 2.05) is 0 Å². The molecule has 1 aromatic heterocycles. The number of nitrogens with two attached hydrogens (primary N) is 1. The fraction of sp³-hybridized carbons (Fsp3) is 0.0769. The summed E-state index contributed by atoms with van der Waals surface area (Å²) >= 11 is 0. The summed E-state index contributed by atoms with van der Waals surface area (Å²) in [6.45, 7) is 0. The summed E-state index contributed by atoms with van der Waals surface area (Å²) in [7, 11) is 0. The van der Waals surface area contributed by atoms with Crippen LogP contribution in [-0.2, 0) is 6.18 Å². The van der Waals surface area contributed by atoms with Gasteiger partial charge in [0.1, 0.15) is 17.7 Å². The topological polar surface area (TPSA) is 86.8 Å². The Kier molecular flexibility index (Phi) is 3.95. The molecule has 1 heterocycles. The number of nitrogens with one attached hydrogen (secondary N) is 2. The van der Waals surface area contributed by atoms with Crippen molar-refractivity contribution in [3.63, 3.8) is 0 Å². The Hall–Kier alpha value is -2.79. The molecule has 1 aromatic carbocycles. The van der Waals surface area contributed by atoms with Gasteiger partial charge in [-0.25, -0.2) is 10.8 Å². The predicted molar refractivity (Wildman–Crippen MR) is 71.5 cm³/mol. The van der Waals surface area contributed by atoms with Gasteiger partial charge in [-0.1, -0.05) is 6.07 Å². The Morgan fingerprint density at radius 2 is 1.86 bits per heavy atom. The van der Waals surface area contributed by atoms with Gasteiger partial charge in [0, 0.05) is 0 Å². The molecule has 108 valence electrons. The van der Waals surface area contributed by atoms with E-state index in [2.05, 4.69) is 15.7 Å². The number of aromatic nitrogens is 1. The third-order valence-electron chi connectivity index (χ3n) is 2.63. The highest BCUT2D eigenvalue weighted by atomic mass is 19.4. The predicted octanol–water partition coefficient (Wildman–Crippen LogP) is 3.00. The van der Waals surface area contributed by atoms with Gasteiger partial charge in [-0.3, -0.25) is 0 Å². The van der Waals surface area contributed by atoms with E-state index < -0.39 is 11.7 Å². The number of pyridine rings is 1. The Morgan fingerprint density at radius 3 is 2.48 bits per heavy atom. The fourth-order valence-corrected chi connectivity index (χ4v) is 1.64. The van der Waals surface area contributed by atoms with E-state index in [-0.39, 0.29) is 11.3 Å². The van der Waals surface area contributed by atoms with Gasteiger partial charge in [0.2, 0.25) is 0 Å². The average molecular weight is 293 g/mol. The number of nitriles is 1. The third kappa shape index (κ3) is 3.40. The second kappa shape index (κ2) is 5.68. The van der Waals surface area contributed by atoms with Crippen LogP contribution in [0.3, 0.4) is 0 Å². The zero-order valence-corrected chi connectivity index (χ0v) is 10.6. The SMILES string of the molecule is N#Cc1cc(C(F)(F)F)ccc1Nc1cccc(NN)n1. The molecule has 0 aliphatic rings. The summed E-state index contributed by atoms with van der Waals surface area (Å²) < 4.78 is 37.8. The van der Waals surface area contributed by atoms with Crippen molar-refractivity contribution in [2.24, 2.45) is 5.84 Å². The Labute approximate surface area is 118 Å². The van der Waals surface area contributed by atoms with Crippen LogP contribution in [-0.4, -0.2) is 4.98 Å². The Bertz CT molecular complexity index is 691. The quantitative estimate of drug-likeness (QED) is 0.598. The standard InChI is InChI=1S/C13H10F3N5/c14-13(15,16)9-4-5-10(8(6-9)7-17)19-11-2-1-3-12(20-11)21-18/h1-6H,18H2,(H2,19,20,21). The van der Waals surface area contributed by atoms with Gasteiger partial charge in [0.15, 0.2) is 0 Å². The van der Waals surface area contributed by atoms with Gasteiger partial charge in [-0.15, -0.1) is 0 Å². The number of rotatable bonds is 3. The first kappa shape index (κ1) is 14.6. The van der Waals surface area contributed by atoms with Crippen molar-refractivity contribution in [2.45, 2.75) is 6.18 Å². The average Bonchev–Trinajstić information content (AvgIpc) is 2.46. The summed E-state index contributed by atoms with van der Waals surface area (Å²) in [6.07, 6.45) is -4.49. The zero-order chi connectivity index (χ0) is 15.5. The molecule has 0 saturated heterocycles. The largest absolute Gasteiger partial charge is 0.416 e. The molecule has 8 heteroatoms. The van der Waals surface area contributed by atoms with Crippen molar-refractivity contribution < 1.29 is 13.2 Å². The maximum atomic E-state index is 12.6. The van der Waals surface area contributed by atoms with Crippen molar-refractivity contribution in [1.29, 1.82) is 5.26 Å². The van der Waals surface area contributed by atoms with E-state index in [1.54, 1.807) is 24.3 Å². The summed E-state index contributed by atoms with van der Waals surface area (Å²) in [5.41, 5.74) is 1.57. The van der Waals surface area contributed by atoms with Gasteiger partial charge in [-0.2, -0.15) is 18.4 Å². The fourth-order valence-electron chi connectivity index (χ4n) is 1.64. The van der Waals surface area contributed by atoms with E-state index in [4.69, 9.17) is 11.1 Å². The van der Waals surface area contributed by atoms with Gasteiger partial charge < -0.3 is 10.7 Å². The van der Waals surface area contributed by atoms with Gasteiger partial charge in [0.05, 0.1) is 16.8 Å². The van der Waals surface area contributed by atoms with E-state index >= 15 is 0 Å². The first-order valence-corrected chi connectivity index (χ1v) is 5.76. The Morgan fingerprint density at radius 1 is 1.14 bits per heavy atom. The molecule has 0 unspecified atom stereocenters. The monoisotopic (exact) mass is 293 g/mol. The van der Waals surface area contributed by atoms with Crippen LogP contribution in [0.5, 0.6) is 0 Å². The summed E-state index contributed by atoms with van der Waals surface area (Å²) in [6, 6.07) is 9.46. The van der Waals surface area contributed by atoms with E-state index in [1.165, 1.54) is 6.07 Å². The number of hydrogen-bond acceptors (Lipinski definition) is 5. The van der Waals surface area contributed by atoms with Crippen LogP contribution in [0.15, 0.2) is 36.4 Å². The van der Waals surface area contributed by atoms with E-state index in [0.717, 1.165) is 12.1 Å². The molecule has 0 aliphatic carbocycles. The van der Waals surface area contributed by atoms with Gasteiger partial charge >= 0.3 is 6.18 Å². The number of alkyl halides is 3. The lowest BCUT2D eigenvalue weighted by Gasteiger charge is -2.11. The normalized spacial score (nSPS) is 10.8. The summed E-state index contributed by atoms with van der Waals surface area (Å²) in [5.74, 6) is 5.95. The van der Waals surface area contributed by atoms with Crippen LogP contribution in [0.2, 0.25) is 0 Å². The van der Waals surface area contributed by atoms with Crippen LogP contribution in [0, 0.1) is 11.3 Å². The second-order valence-corrected chi connectivity index (χ2v) is 4.05. The molecule has 0 aliphatic heterocycles. The molecule has 0 atom stereocenters. The first-order chi connectivity index (χ1) is 9.94. The summed E-state index contributed by atoms with van der Waals surface area (Å²) in [4.78, 5) is 4.05. The molecule has 0 amide bonds. The maximum absolute atomic E-state index is 12.6. The van der Waals surface area contributed by atoms with Crippen LogP contribution in [0.4, 0.5) is 30.5 Å². The molecule has 0 fully saturated rings. The number of hydrogen-bond donors (Lipinski definition) is 3. The van der Waals surface area contributed by atoms with Crippen LogP contribution < -0.4 is 16.6 Å². The minimum Gasteiger partial charge on any atom is -0.339 e. The molecule has 0 saturated carbocycles. The number of halogens is 3. The number of nitrogen functional groups attached to an aromatic ring is 1. The van der Waals surface area contributed by atoms with Crippen molar-refractivity contribution in [1.82, 2.24) is 4.98 Å². The van der Waals surface area contributed by atoms with Crippen LogP contribution in [0.25, 0.3) is 0 Å². The minimum atomic E-state index is -4.49. The molecule has 4 N–H and O–H groups in total. The van der Waals surface area contributed by atoms with Gasteiger partial charge in [-0.05, 0) is 30.3 Å². The van der Waals surface area contributed by atoms with Crippen molar-refractivity contribution >= 4 is 17.3 Å². The third-order valence-corrected chi connectivity index (χ3v) is 2.63. The smallest absolute Gasteiger partial charge is 0.339 e. The molecular weight excluding hydrogens is 283 g/mol. The molecule has 2 aromatic rings. The molecule has 5 nitrogen and oxygen atoms in total. The zero-order valence-electron chi connectivity index (χ0n) is 10.6. The highest BCUT2D eigenvalue weighted by Gasteiger charge is 2.31. The lowest BCUT2D eigenvalue weighted by molar-refractivity contribution is -0.137. The van der Waals surface area contributed by atoms with Crippen molar-refractivity contribution in [2.75, 3.05) is 10.7 Å². The molecule has 0 radical (unpaired) electrons. The molecular formula is C13H10F3N5. The highest BCUT2D eigenvalue weighted by molar-refractivity contribution is 5.66. The van der Waals surface area contributed by atoms with Crippen LogP contribution >= 0.6 is 0 Å². The number of hydrazine groups is 1. The van der Waals surface area contributed by atoms with Crippen molar-refractivity contribution in [3.8, 4) is 6.07 Å². The molecule has 0 bridgehead atoms. The number of anilines is 3. The van der Waals surface area contributed by atoms with E-state index in [9.17, 15) is 13.2 Å². The molecule has 2 rings (SSSR count). The molecule has 0 spiro atoms. The summed E-state index contributed by atoms with van der Waals surface area (Å²) in [5, 5.41) is 11.8. The lowest BCUT2D eigenvalue weighted by atomic mass is 10.1. The van der Waals surface area contributed by atoms with Gasteiger partial charge in [0.25, 0.3) is 0 Å². The highest BCUT2D eigenvalue weighted by Crippen LogP contribution is 2.32. The van der Waals surface area contributed by atoms with Crippen molar-refractivity contribution in [3.05, 3.63) is 47.5 Å². The number of nitrogens with zero attached hydrogens (tertiary/aromatic N) is 2. The van der Waals surface area contributed by atoms with E-state index in [0.29, 0.717) is 11.6 Å². The lowest BCUT2D eigenvalue weighted by Crippen LogP contribution is -2.09. The Balaban J connectivity index is 2.34. The number of benzene rings is 1. The van der Waals surface area contributed by atoms with Crippen LogP contribution in [0.1, 0.15) is 11.1 Å².